The Morgan fingerprint density at radius 2 is 2.19 bits per heavy atom. The van der Waals surface area contributed by atoms with Gasteiger partial charge in [-0.2, -0.15) is 0 Å². The molecule has 0 bridgehead atoms. The van der Waals surface area contributed by atoms with Gasteiger partial charge in [0.15, 0.2) is 0 Å². The quantitative estimate of drug-likeness (QED) is 0.455. The SMILES string of the molecule is C[C@@H]1[C@@H](C)CCC[C@H]1NC(=O)CSc1nnc(-c2cccc([N+](=O)[O-])c2)o1. The van der Waals surface area contributed by atoms with Gasteiger partial charge in [0.25, 0.3) is 10.9 Å². The van der Waals surface area contributed by atoms with Crippen molar-refractivity contribution in [3.8, 4) is 11.5 Å². The van der Waals surface area contributed by atoms with E-state index < -0.39 is 4.92 Å². The first-order valence-electron chi connectivity index (χ1n) is 8.94. The number of hydrogen-bond acceptors (Lipinski definition) is 7. The maximum Gasteiger partial charge on any atom is 0.277 e. The maximum absolute atomic E-state index is 12.2. The first-order valence-corrected chi connectivity index (χ1v) is 9.93. The van der Waals surface area contributed by atoms with Crippen LogP contribution in [0, 0.1) is 22.0 Å². The largest absolute Gasteiger partial charge is 0.411 e. The van der Waals surface area contributed by atoms with E-state index in [1.807, 2.05) is 0 Å². The molecule has 3 rings (SSSR count). The van der Waals surface area contributed by atoms with Crippen LogP contribution in [0.2, 0.25) is 0 Å². The van der Waals surface area contributed by atoms with Gasteiger partial charge in [0, 0.05) is 23.7 Å². The standard InChI is InChI=1S/C18H22N4O4S/c1-11-5-3-8-15(12(11)2)19-16(23)10-27-18-21-20-17(26-18)13-6-4-7-14(9-13)22(24)25/h4,6-7,9,11-12,15H,3,5,8,10H2,1-2H3,(H,19,23)/t11-,12+,15+/m0/s1. The Morgan fingerprint density at radius 1 is 1.37 bits per heavy atom. The van der Waals surface area contributed by atoms with Crippen molar-refractivity contribution in [2.75, 3.05) is 5.75 Å². The molecule has 1 heterocycles. The average Bonchev–Trinajstić information content (AvgIpc) is 3.13. The van der Waals surface area contributed by atoms with Crippen LogP contribution in [-0.2, 0) is 4.79 Å². The van der Waals surface area contributed by atoms with Crippen LogP contribution in [0.5, 0.6) is 0 Å². The van der Waals surface area contributed by atoms with Crippen molar-refractivity contribution in [2.45, 2.75) is 44.4 Å². The van der Waals surface area contributed by atoms with Gasteiger partial charge in [0.1, 0.15) is 0 Å². The number of nitrogens with zero attached hydrogens (tertiary/aromatic N) is 3. The Bertz CT molecular complexity index is 825. The molecule has 1 saturated carbocycles. The number of benzene rings is 1. The first kappa shape index (κ1) is 19.3. The molecule has 1 aromatic carbocycles. The zero-order valence-electron chi connectivity index (χ0n) is 15.3. The van der Waals surface area contributed by atoms with Crippen LogP contribution >= 0.6 is 11.8 Å². The van der Waals surface area contributed by atoms with E-state index in [1.165, 1.54) is 18.6 Å². The summed E-state index contributed by atoms with van der Waals surface area (Å²) in [5.41, 5.74) is 0.424. The zero-order chi connectivity index (χ0) is 19.4. The van der Waals surface area contributed by atoms with Crippen molar-refractivity contribution in [3.05, 3.63) is 34.4 Å². The molecule has 3 atom stereocenters. The Morgan fingerprint density at radius 3 is 2.96 bits per heavy atom. The summed E-state index contributed by atoms with van der Waals surface area (Å²) in [6.07, 6.45) is 3.37. The lowest BCUT2D eigenvalue weighted by molar-refractivity contribution is -0.384. The molecule has 0 spiro atoms. The van der Waals surface area contributed by atoms with E-state index in [4.69, 9.17) is 4.42 Å². The molecule has 0 radical (unpaired) electrons. The predicted octanol–water partition coefficient (Wildman–Crippen LogP) is 3.68. The van der Waals surface area contributed by atoms with Crippen molar-refractivity contribution in [2.24, 2.45) is 11.8 Å². The van der Waals surface area contributed by atoms with Crippen LogP contribution < -0.4 is 5.32 Å². The van der Waals surface area contributed by atoms with E-state index in [0.29, 0.717) is 17.4 Å². The van der Waals surface area contributed by atoms with Gasteiger partial charge in [-0.3, -0.25) is 14.9 Å². The summed E-state index contributed by atoms with van der Waals surface area (Å²) in [7, 11) is 0. The monoisotopic (exact) mass is 390 g/mol. The second-order valence-electron chi connectivity index (χ2n) is 6.91. The molecular formula is C18H22N4O4S. The van der Waals surface area contributed by atoms with E-state index >= 15 is 0 Å². The topological polar surface area (TPSA) is 111 Å². The van der Waals surface area contributed by atoms with Crippen LogP contribution in [0.1, 0.15) is 33.1 Å². The van der Waals surface area contributed by atoms with Crippen molar-refractivity contribution in [3.63, 3.8) is 0 Å². The lowest BCUT2D eigenvalue weighted by Gasteiger charge is -2.34. The predicted molar refractivity (Wildman–Crippen MR) is 101 cm³/mol. The van der Waals surface area contributed by atoms with Crippen molar-refractivity contribution >= 4 is 23.4 Å². The van der Waals surface area contributed by atoms with Gasteiger partial charge in [-0.15, -0.1) is 10.2 Å². The fraction of sp³-hybridized carbons (Fsp3) is 0.500. The summed E-state index contributed by atoms with van der Waals surface area (Å²) in [5, 5.41) is 22.0. The van der Waals surface area contributed by atoms with E-state index in [0.717, 1.165) is 24.6 Å². The van der Waals surface area contributed by atoms with Gasteiger partial charge in [0.2, 0.25) is 11.8 Å². The fourth-order valence-corrected chi connectivity index (χ4v) is 3.87. The summed E-state index contributed by atoms with van der Waals surface area (Å²) in [5.74, 6) is 1.41. The van der Waals surface area contributed by atoms with E-state index in [-0.39, 0.29) is 34.5 Å². The van der Waals surface area contributed by atoms with E-state index in [9.17, 15) is 14.9 Å². The smallest absolute Gasteiger partial charge is 0.277 e. The minimum absolute atomic E-state index is 0.0462. The zero-order valence-corrected chi connectivity index (χ0v) is 16.1. The minimum atomic E-state index is -0.479. The number of carbonyl (C=O) groups is 1. The summed E-state index contributed by atoms with van der Waals surface area (Å²) in [4.78, 5) is 22.6. The van der Waals surface area contributed by atoms with Gasteiger partial charge in [0.05, 0.1) is 10.7 Å². The Hall–Kier alpha value is -2.42. The number of thioether (sulfide) groups is 1. The van der Waals surface area contributed by atoms with Crippen LogP contribution in [0.15, 0.2) is 33.9 Å². The molecule has 27 heavy (non-hydrogen) atoms. The van der Waals surface area contributed by atoms with Crippen LogP contribution in [0.25, 0.3) is 11.5 Å². The number of non-ortho nitro benzene ring substituents is 1. The highest BCUT2D eigenvalue weighted by Crippen LogP contribution is 2.30. The molecule has 1 aromatic heterocycles. The number of hydrogen-bond donors (Lipinski definition) is 1. The lowest BCUT2D eigenvalue weighted by Crippen LogP contribution is -2.44. The Labute approximate surface area is 161 Å². The van der Waals surface area contributed by atoms with Crippen molar-refractivity contribution in [1.29, 1.82) is 0 Å². The molecule has 0 saturated heterocycles. The molecule has 2 aromatic rings. The second kappa shape index (κ2) is 8.51. The Kier molecular flexibility index (Phi) is 6.10. The molecule has 0 unspecified atom stereocenters. The highest BCUT2D eigenvalue weighted by atomic mass is 32.2. The van der Waals surface area contributed by atoms with Crippen molar-refractivity contribution in [1.82, 2.24) is 15.5 Å². The summed E-state index contributed by atoms with van der Waals surface area (Å²) < 4.78 is 5.52. The third-order valence-electron chi connectivity index (χ3n) is 5.09. The summed E-state index contributed by atoms with van der Waals surface area (Å²) in [6, 6.07) is 6.20. The van der Waals surface area contributed by atoms with Gasteiger partial charge < -0.3 is 9.73 Å². The number of amides is 1. The third kappa shape index (κ3) is 4.85. The molecule has 144 valence electrons. The number of rotatable bonds is 6. The van der Waals surface area contributed by atoms with Crippen LogP contribution in [0.3, 0.4) is 0 Å². The molecule has 0 aliphatic heterocycles. The van der Waals surface area contributed by atoms with E-state index in [2.05, 4.69) is 29.4 Å². The van der Waals surface area contributed by atoms with Gasteiger partial charge in [-0.1, -0.05) is 44.5 Å². The lowest BCUT2D eigenvalue weighted by atomic mass is 9.78. The average molecular weight is 390 g/mol. The second-order valence-corrected chi connectivity index (χ2v) is 7.84. The molecule has 8 nitrogen and oxygen atoms in total. The van der Waals surface area contributed by atoms with Crippen molar-refractivity contribution < 1.29 is 14.1 Å². The Balaban J connectivity index is 1.56. The highest BCUT2D eigenvalue weighted by molar-refractivity contribution is 7.99. The molecule has 9 heteroatoms. The number of carbonyl (C=O) groups excluding carboxylic acids is 1. The highest BCUT2D eigenvalue weighted by Gasteiger charge is 2.28. The summed E-state index contributed by atoms with van der Waals surface area (Å²) >= 11 is 1.16. The molecule has 1 aliphatic carbocycles. The van der Waals surface area contributed by atoms with Gasteiger partial charge in [-0.25, -0.2) is 0 Å². The van der Waals surface area contributed by atoms with Crippen LogP contribution in [0.4, 0.5) is 5.69 Å². The maximum atomic E-state index is 12.2. The molecule has 1 fully saturated rings. The summed E-state index contributed by atoms with van der Waals surface area (Å²) in [6.45, 7) is 4.41. The van der Waals surface area contributed by atoms with Gasteiger partial charge >= 0.3 is 0 Å². The molecular weight excluding hydrogens is 368 g/mol. The van der Waals surface area contributed by atoms with E-state index in [1.54, 1.807) is 12.1 Å². The molecule has 1 aliphatic rings. The minimum Gasteiger partial charge on any atom is -0.411 e. The third-order valence-corrected chi connectivity index (χ3v) is 5.91. The van der Waals surface area contributed by atoms with Gasteiger partial charge in [-0.05, 0) is 24.3 Å². The van der Waals surface area contributed by atoms with Crippen LogP contribution in [-0.4, -0.2) is 32.8 Å². The molecule has 1 N–H and O–H groups in total. The number of nitro groups is 1. The fourth-order valence-electron chi connectivity index (χ4n) is 3.30. The molecule has 1 amide bonds. The number of aromatic nitrogens is 2. The number of nitro benzene ring substituents is 1. The normalized spacial score (nSPS) is 22.4. The first-order chi connectivity index (χ1) is 12.9. The number of nitrogens with one attached hydrogen (secondary N) is 1.